The largest absolute Gasteiger partial charge is 0.481 e. The number of aromatic carboxylic acids is 1. The Morgan fingerprint density at radius 1 is 1.15 bits per heavy atom. The summed E-state index contributed by atoms with van der Waals surface area (Å²) in [7, 11) is -0.937. The fourth-order valence-corrected chi connectivity index (χ4v) is 3.19. The van der Waals surface area contributed by atoms with Crippen molar-refractivity contribution in [2.75, 3.05) is 0 Å². The van der Waals surface area contributed by atoms with Crippen molar-refractivity contribution in [3.05, 3.63) is 63.7 Å². The van der Waals surface area contributed by atoms with Gasteiger partial charge in [-0.1, -0.05) is 51.1 Å². The number of carboxylic acid groups (broad SMARTS) is 1. The minimum atomic E-state index is -1.36. The van der Waals surface area contributed by atoms with Crippen LogP contribution in [0.3, 0.4) is 0 Å². The number of carbonyl (C=O) groups is 1. The van der Waals surface area contributed by atoms with Crippen LogP contribution < -0.4 is 10.2 Å². The van der Waals surface area contributed by atoms with Gasteiger partial charge in [0, 0.05) is 6.07 Å². The van der Waals surface area contributed by atoms with Gasteiger partial charge in [0.15, 0.2) is 9.76 Å². The van der Waals surface area contributed by atoms with Gasteiger partial charge in [-0.2, -0.15) is 0 Å². The molecule has 0 saturated carbocycles. The highest BCUT2D eigenvalue weighted by atomic mass is 28.2. The van der Waals surface area contributed by atoms with Gasteiger partial charge in [0.2, 0.25) is 11.2 Å². The zero-order chi connectivity index (χ0) is 20.2. The number of hydrogen-bond donors (Lipinski definition) is 1. The third-order valence-corrected chi connectivity index (χ3v) is 5.52. The Hall–Kier alpha value is -2.38. The lowest BCUT2D eigenvalue weighted by molar-refractivity contribution is 0.0580. The molecule has 6 nitrogen and oxygen atoms in total. The van der Waals surface area contributed by atoms with Crippen molar-refractivity contribution in [1.29, 1.82) is 0 Å². The summed E-state index contributed by atoms with van der Waals surface area (Å²) in [4.78, 5) is 24.2. The lowest BCUT2D eigenvalue weighted by atomic mass is 10.1. The number of benzene rings is 1. The first-order chi connectivity index (χ1) is 12.5. The Labute approximate surface area is 161 Å². The normalized spacial score (nSPS) is 12.5. The summed E-state index contributed by atoms with van der Waals surface area (Å²) >= 11 is 0. The average Bonchev–Trinajstić information content (AvgIpc) is 2.58. The van der Waals surface area contributed by atoms with Gasteiger partial charge in [0.1, 0.15) is 18.0 Å². The highest BCUT2D eigenvalue weighted by Crippen LogP contribution is 2.30. The maximum atomic E-state index is 12.5. The van der Waals surface area contributed by atoms with Crippen LogP contribution in [0.4, 0.5) is 0 Å². The topological polar surface area (TPSA) is 86.0 Å². The third-order valence-electron chi connectivity index (χ3n) is 3.78. The van der Waals surface area contributed by atoms with Crippen LogP contribution in [0.2, 0.25) is 5.04 Å². The van der Waals surface area contributed by atoms with Crippen LogP contribution in [0, 0.1) is 0 Å². The number of ether oxygens (including phenoxy) is 1. The van der Waals surface area contributed by atoms with Crippen molar-refractivity contribution in [2.24, 2.45) is 0 Å². The molecule has 0 radical (unpaired) electrons. The molecule has 0 unspecified atom stereocenters. The van der Waals surface area contributed by atoms with Gasteiger partial charge in [-0.15, -0.1) is 0 Å². The molecule has 0 aliphatic carbocycles. The minimum absolute atomic E-state index is 0.0475. The van der Waals surface area contributed by atoms with Crippen molar-refractivity contribution < 1.29 is 23.5 Å². The van der Waals surface area contributed by atoms with E-state index in [-0.39, 0.29) is 23.2 Å². The summed E-state index contributed by atoms with van der Waals surface area (Å²) in [6, 6.07) is 10.4. The standard InChI is InChI=1S/C20H26O6Si/c1-19(2,3)27-26-20(4,5)15-11-14(21)16(17(25-15)18(22)23)24-12-13-9-7-6-8-10-13/h6-11H,12,27H2,1-5H3,(H,22,23). The van der Waals surface area contributed by atoms with E-state index in [4.69, 9.17) is 13.6 Å². The fraction of sp³-hybridized carbons (Fsp3) is 0.400. The first-order valence-corrected chi connectivity index (χ1v) is 10.0. The summed E-state index contributed by atoms with van der Waals surface area (Å²) in [6.45, 7) is 9.83. The zero-order valence-corrected chi connectivity index (χ0v) is 17.8. The summed E-state index contributed by atoms with van der Waals surface area (Å²) in [5, 5.41) is 9.54. The summed E-state index contributed by atoms with van der Waals surface area (Å²) in [6.07, 6.45) is 0. The van der Waals surface area contributed by atoms with Crippen molar-refractivity contribution >= 4 is 15.7 Å². The second-order valence-electron chi connectivity index (χ2n) is 8.07. The van der Waals surface area contributed by atoms with Gasteiger partial charge in [-0.25, -0.2) is 4.79 Å². The number of hydrogen-bond acceptors (Lipinski definition) is 5. The highest BCUT2D eigenvalue weighted by Gasteiger charge is 2.30. The molecule has 0 aliphatic rings. The Bertz CT molecular complexity index is 849. The van der Waals surface area contributed by atoms with Crippen LogP contribution in [0.25, 0.3) is 0 Å². The van der Waals surface area contributed by atoms with Crippen LogP contribution in [0.5, 0.6) is 5.75 Å². The van der Waals surface area contributed by atoms with E-state index in [0.717, 1.165) is 5.56 Å². The first-order valence-electron chi connectivity index (χ1n) is 8.72. The Morgan fingerprint density at radius 3 is 2.33 bits per heavy atom. The molecule has 1 N–H and O–H groups in total. The molecule has 1 aromatic carbocycles. The van der Waals surface area contributed by atoms with Gasteiger partial charge >= 0.3 is 5.97 Å². The van der Waals surface area contributed by atoms with E-state index >= 15 is 0 Å². The Kier molecular flexibility index (Phi) is 6.28. The SMILES string of the molecule is CC(C)(C)[SiH2]OC(C)(C)c1cc(=O)c(OCc2ccccc2)c(C(=O)O)o1. The van der Waals surface area contributed by atoms with Crippen molar-refractivity contribution in [3.63, 3.8) is 0 Å². The van der Waals surface area contributed by atoms with E-state index in [2.05, 4.69) is 20.8 Å². The van der Waals surface area contributed by atoms with Crippen LogP contribution in [0.15, 0.2) is 45.6 Å². The maximum Gasteiger partial charge on any atom is 0.375 e. The maximum absolute atomic E-state index is 12.5. The molecule has 1 heterocycles. The Balaban J connectivity index is 2.32. The van der Waals surface area contributed by atoms with E-state index in [1.165, 1.54) is 6.07 Å². The molecule has 1 aromatic heterocycles. The van der Waals surface area contributed by atoms with Gasteiger partial charge in [0.05, 0.1) is 0 Å². The molecule has 7 heteroatoms. The molecule has 146 valence electrons. The molecule has 0 fully saturated rings. The second-order valence-corrected chi connectivity index (χ2v) is 10.8. The van der Waals surface area contributed by atoms with Gasteiger partial charge in [-0.05, 0) is 24.4 Å². The van der Waals surface area contributed by atoms with E-state index in [1.807, 2.05) is 30.3 Å². The molecule has 0 aliphatic heterocycles. The number of rotatable bonds is 7. The average molecular weight is 391 g/mol. The van der Waals surface area contributed by atoms with Crippen molar-refractivity contribution in [2.45, 2.75) is 51.9 Å². The van der Waals surface area contributed by atoms with Gasteiger partial charge in [0.25, 0.3) is 5.76 Å². The zero-order valence-electron chi connectivity index (χ0n) is 16.4. The van der Waals surface area contributed by atoms with Crippen molar-refractivity contribution in [1.82, 2.24) is 0 Å². The predicted octanol–water partition coefficient (Wildman–Crippen LogP) is 3.47. The molecule has 2 rings (SSSR count). The lowest BCUT2D eigenvalue weighted by Gasteiger charge is -2.29. The molecule has 0 spiro atoms. The van der Waals surface area contributed by atoms with E-state index in [9.17, 15) is 14.7 Å². The first kappa shape index (κ1) is 20.9. The summed E-state index contributed by atoms with van der Waals surface area (Å²) < 4.78 is 17.0. The molecule has 0 bridgehead atoms. The molecule has 27 heavy (non-hydrogen) atoms. The molecular weight excluding hydrogens is 364 g/mol. The monoisotopic (exact) mass is 390 g/mol. The predicted molar refractivity (Wildman–Crippen MR) is 105 cm³/mol. The quantitative estimate of drug-likeness (QED) is 0.729. The Morgan fingerprint density at radius 2 is 1.78 bits per heavy atom. The smallest absolute Gasteiger partial charge is 0.375 e. The third kappa shape index (κ3) is 5.80. The van der Waals surface area contributed by atoms with Crippen LogP contribution in [-0.4, -0.2) is 20.8 Å². The lowest BCUT2D eigenvalue weighted by Crippen LogP contribution is -2.29. The molecule has 0 amide bonds. The van der Waals surface area contributed by atoms with Crippen LogP contribution in [0.1, 0.15) is 56.5 Å². The minimum Gasteiger partial charge on any atom is -0.481 e. The van der Waals surface area contributed by atoms with Crippen LogP contribution >= 0.6 is 0 Å². The van der Waals surface area contributed by atoms with Gasteiger partial charge < -0.3 is 18.7 Å². The number of carboxylic acids is 1. The molecule has 2 aromatic rings. The fourth-order valence-electron chi connectivity index (χ4n) is 2.25. The summed E-state index contributed by atoms with van der Waals surface area (Å²) in [5.74, 6) is -2.00. The highest BCUT2D eigenvalue weighted by molar-refractivity contribution is 6.31. The summed E-state index contributed by atoms with van der Waals surface area (Å²) in [5.41, 5.74) is -0.628. The van der Waals surface area contributed by atoms with E-state index in [1.54, 1.807) is 13.8 Å². The molecule has 0 saturated heterocycles. The molecule has 0 atom stereocenters. The van der Waals surface area contributed by atoms with E-state index in [0.29, 0.717) is 0 Å². The van der Waals surface area contributed by atoms with E-state index < -0.39 is 32.5 Å². The molecular formula is C20H26O6Si. The van der Waals surface area contributed by atoms with Gasteiger partial charge in [-0.3, -0.25) is 4.79 Å². The van der Waals surface area contributed by atoms with Crippen LogP contribution in [-0.2, 0) is 16.6 Å². The van der Waals surface area contributed by atoms with Crippen molar-refractivity contribution in [3.8, 4) is 5.75 Å². The second kappa shape index (κ2) is 8.10.